The van der Waals surface area contributed by atoms with Gasteiger partial charge < -0.3 is 9.88 Å². The van der Waals surface area contributed by atoms with Gasteiger partial charge in [0.25, 0.3) is 0 Å². The molecule has 1 aliphatic rings. The molecule has 1 amide bonds. The van der Waals surface area contributed by atoms with Gasteiger partial charge >= 0.3 is 0 Å². The van der Waals surface area contributed by atoms with Crippen LogP contribution >= 0.6 is 12.2 Å². The van der Waals surface area contributed by atoms with Crippen LogP contribution in [0.5, 0.6) is 0 Å². The van der Waals surface area contributed by atoms with Gasteiger partial charge in [-0.1, -0.05) is 12.1 Å². The van der Waals surface area contributed by atoms with E-state index in [0.717, 1.165) is 17.8 Å². The number of carbonyl (C=O) groups excluding carboxylic acids is 1. The molecule has 1 aliphatic carbocycles. The van der Waals surface area contributed by atoms with Crippen LogP contribution in [0, 0.1) is 16.5 Å². The Morgan fingerprint density at radius 3 is 2.86 bits per heavy atom. The Bertz CT molecular complexity index is 737. The number of rotatable bonds is 5. The molecule has 1 fully saturated rings. The van der Waals surface area contributed by atoms with Gasteiger partial charge in [0.2, 0.25) is 5.91 Å². The largest absolute Gasteiger partial charge is 0.355 e. The molecular weight excluding hydrogens is 303 g/mol. The second-order valence-electron chi connectivity index (χ2n) is 5.55. The van der Waals surface area contributed by atoms with Crippen molar-refractivity contribution in [2.24, 2.45) is 13.0 Å². The van der Waals surface area contributed by atoms with Crippen molar-refractivity contribution in [1.29, 1.82) is 0 Å². The molecule has 5 nitrogen and oxygen atoms in total. The van der Waals surface area contributed by atoms with Gasteiger partial charge in [-0.25, -0.2) is 4.39 Å². The predicted molar refractivity (Wildman–Crippen MR) is 82.4 cm³/mol. The molecule has 2 aromatic rings. The van der Waals surface area contributed by atoms with Crippen molar-refractivity contribution in [3.05, 3.63) is 46.2 Å². The van der Waals surface area contributed by atoms with E-state index in [2.05, 4.69) is 15.5 Å². The molecule has 2 atom stereocenters. The van der Waals surface area contributed by atoms with Crippen LogP contribution < -0.4 is 5.32 Å². The first-order chi connectivity index (χ1) is 10.6. The standard InChI is InChI=1S/C15H17FN4OS/c1-20-13(18-19-15(20)22)6-7-17-14(21)12-8-11(12)9-2-4-10(16)5-3-9/h2-5,11-12H,6-8H2,1H3,(H,17,21)(H,19,22)/t11-,12+/m1/s1. The maximum absolute atomic E-state index is 12.9. The van der Waals surface area contributed by atoms with Crippen LogP contribution in [-0.2, 0) is 18.3 Å². The van der Waals surface area contributed by atoms with Gasteiger partial charge in [0.15, 0.2) is 4.77 Å². The molecule has 1 aromatic heterocycles. The van der Waals surface area contributed by atoms with Crippen molar-refractivity contribution in [3.8, 4) is 0 Å². The van der Waals surface area contributed by atoms with Crippen LogP contribution in [0.25, 0.3) is 0 Å². The minimum atomic E-state index is -0.251. The molecule has 116 valence electrons. The Morgan fingerprint density at radius 1 is 1.50 bits per heavy atom. The van der Waals surface area contributed by atoms with Crippen LogP contribution in [-0.4, -0.2) is 27.2 Å². The summed E-state index contributed by atoms with van der Waals surface area (Å²) < 4.78 is 15.3. The first-order valence-corrected chi connectivity index (χ1v) is 7.60. The lowest BCUT2D eigenvalue weighted by Crippen LogP contribution is -2.28. The Kier molecular flexibility index (Phi) is 4.06. The molecule has 0 unspecified atom stereocenters. The molecular formula is C15H17FN4OS. The summed E-state index contributed by atoms with van der Waals surface area (Å²) in [5, 5.41) is 9.74. The van der Waals surface area contributed by atoms with Crippen molar-refractivity contribution < 1.29 is 9.18 Å². The van der Waals surface area contributed by atoms with Gasteiger partial charge in [0.1, 0.15) is 11.6 Å². The molecule has 3 rings (SSSR count). The van der Waals surface area contributed by atoms with E-state index in [1.54, 1.807) is 16.7 Å². The highest BCUT2D eigenvalue weighted by Crippen LogP contribution is 2.47. The number of H-pyrrole nitrogens is 1. The third-order valence-corrected chi connectivity index (χ3v) is 4.41. The van der Waals surface area contributed by atoms with Crippen LogP contribution in [0.2, 0.25) is 0 Å². The zero-order valence-corrected chi connectivity index (χ0v) is 13.0. The van der Waals surface area contributed by atoms with E-state index in [1.165, 1.54) is 12.1 Å². The average Bonchev–Trinajstić information content (AvgIpc) is 3.24. The highest BCUT2D eigenvalue weighted by molar-refractivity contribution is 7.71. The summed E-state index contributed by atoms with van der Waals surface area (Å²) in [6, 6.07) is 6.38. The second-order valence-corrected chi connectivity index (χ2v) is 5.93. The number of nitrogens with zero attached hydrogens (tertiary/aromatic N) is 2. The van der Waals surface area contributed by atoms with Crippen molar-refractivity contribution in [2.75, 3.05) is 6.54 Å². The van der Waals surface area contributed by atoms with Crippen molar-refractivity contribution in [2.45, 2.75) is 18.8 Å². The average molecular weight is 320 g/mol. The third-order valence-electron chi connectivity index (χ3n) is 4.05. The monoisotopic (exact) mass is 320 g/mol. The quantitative estimate of drug-likeness (QED) is 0.829. The Hall–Kier alpha value is -2.02. The highest BCUT2D eigenvalue weighted by Gasteiger charge is 2.43. The van der Waals surface area contributed by atoms with E-state index < -0.39 is 0 Å². The molecule has 7 heteroatoms. The van der Waals surface area contributed by atoms with Crippen LogP contribution in [0.1, 0.15) is 23.7 Å². The molecule has 0 saturated heterocycles. The highest BCUT2D eigenvalue weighted by atomic mass is 32.1. The van der Waals surface area contributed by atoms with Crippen LogP contribution in [0.4, 0.5) is 4.39 Å². The fourth-order valence-corrected chi connectivity index (χ4v) is 2.75. The number of nitrogens with one attached hydrogen (secondary N) is 2. The van der Waals surface area contributed by atoms with Gasteiger partial charge in [0.05, 0.1) is 0 Å². The Morgan fingerprint density at radius 2 is 2.23 bits per heavy atom. The maximum Gasteiger partial charge on any atom is 0.223 e. The van der Waals surface area contributed by atoms with E-state index in [0.29, 0.717) is 17.7 Å². The topological polar surface area (TPSA) is 62.7 Å². The first-order valence-electron chi connectivity index (χ1n) is 7.19. The molecule has 1 aromatic carbocycles. The van der Waals surface area contributed by atoms with E-state index >= 15 is 0 Å². The number of benzene rings is 1. The van der Waals surface area contributed by atoms with Crippen LogP contribution in [0.15, 0.2) is 24.3 Å². The lowest BCUT2D eigenvalue weighted by atomic mass is 10.1. The van der Waals surface area contributed by atoms with E-state index in [4.69, 9.17) is 12.2 Å². The minimum Gasteiger partial charge on any atom is -0.355 e. The third kappa shape index (κ3) is 3.09. The number of amides is 1. The van der Waals surface area contributed by atoms with Gasteiger partial charge in [-0.15, -0.1) is 0 Å². The summed E-state index contributed by atoms with van der Waals surface area (Å²) in [7, 11) is 1.84. The van der Waals surface area contributed by atoms with E-state index in [-0.39, 0.29) is 23.6 Å². The second kappa shape index (κ2) is 6.00. The predicted octanol–water partition coefficient (Wildman–Crippen LogP) is 2.08. The molecule has 0 bridgehead atoms. The molecule has 0 radical (unpaired) electrons. The van der Waals surface area contributed by atoms with Crippen LogP contribution in [0.3, 0.4) is 0 Å². The van der Waals surface area contributed by atoms with E-state index in [1.807, 2.05) is 7.05 Å². The van der Waals surface area contributed by atoms with Gasteiger partial charge in [-0.3, -0.25) is 9.89 Å². The fraction of sp³-hybridized carbons (Fsp3) is 0.400. The first kappa shape index (κ1) is 14.9. The summed E-state index contributed by atoms with van der Waals surface area (Å²) in [4.78, 5) is 12.1. The zero-order valence-electron chi connectivity index (χ0n) is 12.2. The number of carbonyl (C=O) groups is 1. The molecule has 0 spiro atoms. The zero-order chi connectivity index (χ0) is 15.7. The SMILES string of the molecule is Cn1c(CCNC(=O)[C@H]2C[C@@H]2c2ccc(F)cc2)n[nH]c1=S. The summed E-state index contributed by atoms with van der Waals surface area (Å²) in [5.41, 5.74) is 1.02. The minimum absolute atomic E-state index is 0.00657. The Labute approximate surface area is 132 Å². The molecule has 0 aliphatic heterocycles. The summed E-state index contributed by atoms with van der Waals surface area (Å²) in [6.45, 7) is 0.527. The van der Waals surface area contributed by atoms with E-state index in [9.17, 15) is 9.18 Å². The number of hydrogen-bond acceptors (Lipinski definition) is 3. The van der Waals surface area contributed by atoms with Gasteiger partial charge in [-0.2, -0.15) is 5.10 Å². The summed E-state index contributed by atoms with van der Waals surface area (Å²) in [5.74, 6) is 0.815. The molecule has 22 heavy (non-hydrogen) atoms. The summed E-state index contributed by atoms with van der Waals surface area (Å²) >= 11 is 5.04. The van der Waals surface area contributed by atoms with Gasteiger partial charge in [-0.05, 0) is 42.3 Å². The molecule has 1 heterocycles. The van der Waals surface area contributed by atoms with Gasteiger partial charge in [0, 0.05) is 25.9 Å². The normalized spacial score (nSPS) is 19.9. The molecule has 2 N–H and O–H groups in total. The summed E-state index contributed by atoms with van der Waals surface area (Å²) in [6.07, 6.45) is 1.45. The number of halogens is 1. The van der Waals surface area contributed by atoms with Crippen molar-refractivity contribution in [3.63, 3.8) is 0 Å². The molecule has 1 saturated carbocycles. The lowest BCUT2D eigenvalue weighted by molar-refractivity contribution is -0.122. The lowest BCUT2D eigenvalue weighted by Gasteiger charge is -2.05. The smallest absolute Gasteiger partial charge is 0.223 e. The Balaban J connectivity index is 1.48. The number of hydrogen-bond donors (Lipinski definition) is 2. The van der Waals surface area contributed by atoms with Crippen molar-refractivity contribution in [1.82, 2.24) is 20.1 Å². The number of aromatic amines is 1. The number of aromatic nitrogens is 3. The maximum atomic E-state index is 12.9. The van der Waals surface area contributed by atoms with Crippen molar-refractivity contribution >= 4 is 18.1 Å². The fourth-order valence-electron chi connectivity index (χ4n) is 2.59.